The third kappa shape index (κ3) is 2.89. The SMILES string of the molecule is COc1ccc(N2CC(O)=C(c3nc(C(C)(C)C)cs3)C2=N)cc1. The van der Waals surface area contributed by atoms with E-state index in [1.807, 2.05) is 29.6 Å². The molecule has 1 aromatic carbocycles. The van der Waals surface area contributed by atoms with E-state index in [-0.39, 0.29) is 23.6 Å². The van der Waals surface area contributed by atoms with Crippen LogP contribution in [0.15, 0.2) is 35.4 Å². The van der Waals surface area contributed by atoms with E-state index in [1.165, 1.54) is 11.3 Å². The largest absolute Gasteiger partial charge is 0.510 e. The molecule has 0 spiro atoms. The van der Waals surface area contributed by atoms with Crippen LogP contribution in [0.2, 0.25) is 0 Å². The summed E-state index contributed by atoms with van der Waals surface area (Å²) in [4.78, 5) is 6.40. The maximum absolute atomic E-state index is 10.4. The van der Waals surface area contributed by atoms with Gasteiger partial charge >= 0.3 is 0 Å². The number of nitrogens with one attached hydrogen (secondary N) is 1. The van der Waals surface area contributed by atoms with Crippen molar-refractivity contribution < 1.29 is 9.84 Å². The molecule has 0 radical (unpaired) electrons. The van der Waals surface area contributed by atoms with Crippen LogP contribution in [-0.4, -0.2) is 29.6 Å². The number of methoxy groups -OCH3 is 1. The lowest BCUT2D eigenvalue weighted by Gasteiger charge is -2.19. The van der Waals surface area contributed by atoms with Crippen LogP contribution in [0, 0.1) is 5.41 Å². The maximum Gasteiger partial charge on any atom is 0.139 e. The van der Waals surface area contributed by atoms with E-state index < -0.39 is 0 Å². The van der Waals surface area contributed by atoms with Gasteiger partial charge in [-0.25, -0.2) is 4.98 Å². The molecule has 0 bridgehead atoms. The highest BCUT2D eigenvalue weighted by Gasteiger charge is 2.32. The number of hydrogen-bond donors (Lipinski definition) is 2. The zero-order valence-corrected chi connectivity index (χ0v) is 15.1. The number of amidine groups is 1. The van der Waals surface area contributed by atoms with Crippen LogP contribution >= 0.6 is 11.3 Å². The van der Waals surface area contributed by atoms with Crippen LogP contribution in [0.1, 0.15) is 31.5 Å². The first-order chi connectivity index (χ1) is 11.3. The molecular formula is C18H21N3O2S. The Hall–Kier alpha value is -2.34. The number of nitrogens with zero attached hydrogens (tertiary/aromatic N) is 2. The molecule has 2 heterocycles. The van der Waals surface area contributed by atoms with Crippen LogP contribution in [0.3, 0.4) is 0 Å². The van der Waals surface area contributed by atoms with Gasteiger partial charge in [0.25, 0.3) is 0 Å². The normalized spacial score (nSPS) is 15.3. The fourth-order valence-electron chi connectivity index (χ4n) is 2.52. The number of aromatic nitrogens is 1. The van der Waals surface area contributed by atoms with Gasteiger partial charge in [0.1, 0.15) is 22.4 Å². The molecule has 24 heavy (non-hydrogen) atoms. The van der Waals surface area contributed by atoms with Crippen molar-refractivity contribution in [1.82, 2.24) is 4.98 Å². The number of rotatable bonds is 3. The Bertz CT molecular complexity index is 800. The van der Waals surface area contributed by atoms with Gasteiger partial charge in [0.2, 0.25) is 0 Å². The van der Waals surface area contributed by atoms with Gasteiger partial charge in [-0.3, -0.25) is 5.41 Å². The van der Waals surface area contributed by atoms with Crippen LogP contribution in [0.25, 0.3) is 5.57 Å². The van der Waals surface area contributed by atoms with Gasteiger partial charge in [-0.1, -0.05) is 20.8 Å². The van der Waals surface area contributed by atoms with Crippen molar-refractivity contribution in [2.75, 3.05) is 18.6 Å². The zero-order chi connectivity index (χ0) is 17.5. The summed E-state index contributed by atoms with van der Waals surface area (Å²) in [5.41, 5.74) is 2.28. The van der Waals surface area contributed by atoms with Crippen LogP contribution in [0.5, 0.6) is 5.75 Å². The molecule has 0 saturated carbocycles. The van der Waals surface area contributed by atoms with Gasteiger partial charge in [0.05, 0.1) is 24.9 Å². The number of aliphatic hydroxyl groups excluding tert-OH is 1. The molecule has 3 rings (SSSR count). The van der Waals surface area contributed by atoms with Gasteiger partial charge in [-0.05, 0) is 24.3 Å². The van der Waals surface area contributed by atoms with Crippen LogP contribution in [0.4, 0.5) is 5.69 Å². The lowest BCUT2D eigenvalue weighted by molar-refractivity contribution is 0.411. The predicted molar refractivity (Wildman–Crippen MR) is 98.4 cm³/mol. The molecular weight excluding hydrogens is 322 g/mol. The Morgan fingerprint density at radius 1 is 1.25 bits per heavy atom. The van der Waals surface area contributed by atoms with Crippen molar-refractivity contribution in [3.63, 3.8) is 0 Å². The van der Waals surface area contributed by atoms with Gasteiger partial charge in [-0.15, -0.1) is 11.3 Å². The number of aliphatic hydroxyl groups is 1. The van der Waals surface area contributed by atoms with Gasteiger partial charge in [0.15, 0.2) is 0 Å². The fourth-order valence-corrected chi connectivity index (χ4v) is 3.63. The second-order valence-electron chi connectivity index (χ2n) is 6.74. The molecule has 2 aromatic rings. The number of thiazole rings is 1. The second kappa shape index (κ2) is 5.94. The first-order valence-electron chi connectivity index (χ1n) is 7.70. The van der Waals surface area contributed by atoms with Crippen molar-refractivity contribution in [3.05, 3.63) is 46.1 Å². The summed E-state index contributed by atoms with van der Waals surface area (Å²) >= 11 is 1.47. The smallest absolute Gasteiger partial charge is 0.139 e. The van der Waals surface area contributed by atoms with E-state index in [4.69, 9.17) is 10.1 Å². The molecule has 0 aliphatic carbocycles. The van der Waals surface area contributed by atoms with Gasteiger partial charge < -0.3 is 14.7 Å². The molecule has 0 fully saturated rings. The van der Waals surface area contributed by atoms with E-state index in [0.29, 0.717) is 10.6 Å². The number of ether oxygens (including phenoxy) is 1. The van der Waals surface area contributed by atoms with Crippen molar-refractivity contribution in [2.45, 2.75) is 26.2 Å². The van der Waals surface area contributed by atoms with E-state index in [0.717, 1.165) is 17.1 Å². The standard InChI is InChI=1S/C18H21N3O2S/c1-18(2,3)14-10-24-17(20-14)15-13(22)9-21(16(15)19)11-5-7-12(23-4)8-6-11/h5-8,10,19,22H,9H2,1-4H3. The summed E-state index contributed by atoms with van der Waals surface area (Å²) in [5, 5.41) is 21.6. The third-order valence-electron chi connectivity index (χ3n) is 3.97. The van der Waals surface area contributed by atoms with E-state index in [9.17, 15) is 5.11 Å². The fraction of sp³-hybridized carbons (Fsp3) is 0.333. The minimum absolute atomic E-state index is 0.0542. The average Bonchev–Trinajstić information content (AvgIpc) is 3.12. The van der Waals surface area contributed by atoms with Crippen molar-refractivity contribution in [2.24, 2.45) is 0 Å². The Balaban J connectivity index is 1.89. The summed E-state index contributed by atoms with van der Waals surface area (Å²) in [5.74, 6) is 1.22. The first-order valence-corrected chi connectivity index (χ1v) is 8.58. The molecule has 0 atom stereocenters. The van der Waals surface area contributed by atoms with Crippen LogP contribution < -0.4 is 9.64 Å². The lowest BCUT2D eigenvalue weighted by Crippen LogP contribution is -2.25. The van der Waals surface area contributed by atoms with E-state index >= 15 is 0 Å². The number of hydrogen-bond acceptors (Lipinski definition) is 5. The second-order valence-corrected chi connectivity index (χ2v) is 7.60. The maximum atomic E-state index is 10.4. The average molecular weight is 343 g/mol. The number of anilines is 1. The summed E-state index contributed by atoms with van der Waals surface area (Å²) in [6, 6.07) is 7.45. The molecule has 1 aliphatic heterocycles. The molecule has 6 heteroatoms. The van der Waals surface area contributed by atoms with Crippen molar-refractivity contribution in [3.8, 4) is 5.75 Å². The van der Waals surface area contributed by atoms with Crippen molar-refractivity contribution in [1.29, 1.82) is 5.41 Å². The predicted octanol–water partition coefficient (Wildman–Crippen LogP) is 4.22. The highest BCUT2D eigenvalue weighted by atomic mass is 32.1. The topological polar surface area (TPSA) is 69.4 Å². The molecule has 0 saturated heterocycles. The Morgan fingerprint density at radius 3 is 2.46 bits per heavy atom. The number of benzene rings is 1. The summed E-state index contributed by atoms with van der Waals surface area (Å²) in [7, 11) is 1.62. The van der Waals surface area contributed by atoms with Gasteiger partial charge in [0, 0.05) is 16.5 Å². The third-order valence-corrected chi connectivity index (χ3v) is 4.83. The minimum Gasteiger partial charge on any atom is -0.510 e. The highest BCUT2D eigenvalue weighted by molar-refractivity contribution is 7.11. The Kier molecular flexibility index (Phi) is 4.09. The summed E-state index contributed by atoms with van der Waals surface area (Å²) < 4.78 is 5.16. The molecule has 1 aromatic heterocycles. The monoisotopic (exact) mass is 343 g/mol. The summed E-state index contributed by atoms with van der Waals surface area (Å²) in [6.07, 6.45) is 0. The van der Waals surface area contributed by atoms with Gasteiger partial charge in [-0.2, -0.15) is 0 Å². The Morgan fingerprint density at radius 2 is 1.92 bits per heavy atom. The lowest BCUT2D eigenvalue weighted by atomic mass is 9.93. The minimum atomic E-state index is -0.0542. The quantitative estimate of drug-likeness (QED) is 0.875. The molecule has 5 nitrogen and oxygen atoms in total. The highest BCUT2D eigenvalue weighted by Crippen LogP contribution is 2.34. The Labute approximate surface area is 145 Å². The first kappa shape index (κ1) is 16.5. The molecule has 0 amide bonds. The molecule has 0 unspecified atom stereocenters. The molecule has 1 aliphatic rings. The molecule has 126 valence electrons. The zero-order valence-electron chi connectivity index (χ0n) is 14.3. The van der Waals surface area contributed by atoms with Crippen LogP contribution in [-0.2, 0) is 5.41 Å². The van der Waals surface area contributed by atoms with E-state index in [1.54, 1.807) is 12.0 Å². The van der Waals surface area contributed by atoms with E-state index in [2.05, 4.69) is 25.8 Å². The summed E-state index contributed by atoms with van der Waals surface area (Å²) in [6.45, 7) is 6.59. The molecule has 2 N–H and O–H groups in total. The van der Waals surface area contributed by atoms with Crippen molar-refractivity contribution >= 4 is 28.4 Å².